The van der Waals surface area contributed by atoms with Crippen molar-refractivity contribution >= 4 is 22.8 Å². The molecular weight excluding hydrogens is 286 g/mol. The van der Waals surface area contributed by atoms with Gasteiger partial charge in [-0.25, -0.2) is 0 Å². The number of furan rings is 1. The number of benzene rings is 2. The molecule has 2 aromatic carbocycles. The molecule has 6 nitrogen and oxygen atoms in total. The molecule has 0 unspecified atom stereocenters. The number of rotatable bonds is 4. The van der Waals surface area contributed by atoms with E-state index in [1.807, 2.05) is 6.07 Å². The zero-order chi connectivity index (χ0) is 15.7. The molecule has 3 rings (SSSR count). The molecule has 0 spiro atoms. The van der Waals surface area contributed by atoms with Crippen LogP contribution in [0.2, 0.25) is 0 Å². The zero-order valence-corrected chi connectivity index (χ0v) is 11.4. The Morgan fingerprint density at radius 3 is 2.55 bits per heavy atom. The number of carboxylic acid groups (broad SMARTS) is 1. The third-order valence-electron chi connectivity index (χ3n) is 3.32. The Balaban J connectivity index is 2.27. The molecule has 6 heteroatoms. The summed E-state index contributed by atoms with van der Waals surface area (Å²) in [5.74, 6) is -1.30. The molecule has 110 valence electrons. The average molecular weight is 297 g/mol. The molecule has 3 aromatic rings. The van der Waals surface area contributed by atoms with Crippen LogP contribution in [0.4, 0.5) is 5.88 Å². The summed E-state index contributed by atoms with van der Waals surface area (Å²) in [4.78, 5) is 21.5. The number of nitro groups is 1. The van der Waals surface area contributed by atoms with Crippen LogP contribution in [0.1, 0.15) is 5.56 Å². The molecule has 22 heavy (non-hydrogen) atoms. The number of nitrogens with zero attached hydrogens (tertiary/aromatic N) is 1. The van der Waals surface area contributed by atoms with Gasteiger partial charge in [0.25, 0.3) is 0 Å². The van der Waals surface area contributed by atoms with Crippen molar-refractivity contribution < 1.29 is 19.2 Å². The molecule has 0 aliphatic carbocycles. The molecule has 1 N–H and O–H groups in total. The summed E-state index contributed by atoms with van der Waals surface area (Å²) in [5, 5.41) is 20.7. The lowest BCUT2D eigenvalue weighted by Crippen LogP contribution is -1.99. The van der Waals surface area contributed by atoms with Crippen molar-refractivity contribution in [2.75, 3.05) is 0 Å². The highest BCUT2D eigenvalue weighted by Gasteiger charge is 2.25. The maximum atomic E-state index is 11.2. The fourth-order valence-electron chi connectivity index (χ4n) is 2.43. The topological polar surface area (TPSA) is 93.6 Å². The standard InChI is InChI=1S/C16H11NO5/c18-14(19)9-10-6-7-13-12(8-10)15(16(22-13)17(20)21)11-4-2-1-3-5-11/h1-8H,9H2,(H,18,19). The second-order valence-corrected chi connectivity index (χ2v) is 4.81. The number of hydrogen-bond acceptors (Lipinski definition) is 4. The molecule has 0 saturated heterocycles. The van der Waals surface area contributed by atoms with Gasteiger partial charge >= 0.3 is 11.9 Å². The average Bonchev–Trinajstić information content (AvgIpc) is 2.86. The molecule has 0 bridgehead atoms. The number of fused-ring (bicyclic) bond motifs is 1. The first-order valence-electron chi connectivity index (χ1n) is 6.53. The number of aliphatic carboxylic acids is 1. The van der Waals surface area contributed by atoms with Gasteiger partial charge in [-0.3, -0.25) is 14.9 Å². The zero-order valence-electron chi connectivity index (χ0n) is 11.4. The highest BCUT2D eigenvalue weighted by atomic mass is 16.6. The Hall–Kier alpha value is -3.15. The normalized spacial score (nSPS) is 10.7. The molecule has 0 radical (unpaired) electrons. The molecule has 1 aromatic heterocycles. The second kappa shape index (κ2) is 5.33. The Morgan fingerprint density at radius 2 is 1.91 bits per heavy atom. The van der Waals surface area contributed by atoms with Crippen molar-refractivity contribution in [3.8, 4) is 11.1 Å². The van der Waals surface area contributed by atoms with Crippen molar-refractivity contribution in [2.45, 2.75) is 6.42 Å². The van der Waals surface area contributed by atoms with E-state index in [0.29, 0.717) is 27.7 Å². The minimum absolute atomic E-state index is 0.150. The first-order chi connectivity index (χ1) is 10.6. The van der Waals surface area contributed by atoms with Gasteiger partial charge < -0.3 is 9.52 Å². The van der Waals surface area contributed by atoms with E-state index in [1.54, 1.807) is 42.5 Å². The van der Waals surface area contributed by atoms with Gasteiger partial charge in [0, 0.05) is 5.39 Å². The van der Waals surface area contributed by atoms with Crippen LogP contribution < -0.4 is 0 Å². The van der Waals surface area contributed by atoms with Gasteiger partial charge in [-0.2, -0.15) is 0 Å². The van der Waals surface area contributed by atoms with E-state index in [2.05, 4.69) is 0 Å². The Morgan fingerprint density at radius 1 is 1.18 bits per heavy atom. The van der Waals surface area contributed by atoms with Gasteiger partial charge in [0.2, 0.25) is 0 Å². The summed E-state index contributed by atoms with van der Waals surface area (Å²) < 4.78 is 5.33. The van der Waals surface area contributed by atoms with Crippen molar-refractivity contribution in [3.05, 3.63) is 64.2 Å². The summed E-state index contributed by atoms with van der Waals surface area (Å²) >= 11 is 0. The molecule has 0 amide bonds. The third kappa shape index (κ3) is 2.42. The van der Waals surface area contributed by atoms with E-state index in [-0.39, 0.29) is 12.3 Å². The van der Waals surface area contributed by atoms with E-state index in [9.17, 15) is 14.9 Å². The van der Waals surface area contributed by atoms with Gasteiger partial charge in [0.1, 0.15) is 16.1 Å². The lowest BCUT2D eigenvalue weighted by molar-refractivity contribution is -0.400. The minimum atomic E-state index is -0.960. The van der Waals surface area contributed by atoms with Gasteiger partial charge in [-0.1, -0.05) is 36.4 Å². The van der Waals surface area contributed by atoms with Crippen LogP contribution in [0.25, 0.3) is 22.1 Å². The largest absolute Gasteiger partial charge is 0.481 e. The van der Waals surface area contributed by atoms with Crippen LogP contribution in [0.15, 0.2) is 52.9 Å². The maximum Gasteiger partial charge on any atom is 0.442 e. The lowest BCUT2D eigenvalue weighted by Gasteiger charge is -2.00. The van der Waals surface area contributed by atoms with Crippen LogP contribution in [0.3, 0.4) is 0 Å². The van der Waals surface area contributed by atoms with Crippen LogP contribution in [-0.2, 0) is 11.2 Å². The quantitative estimate of drug-likeness (QED) is 0.586. The second-order valence-electron chi connectivity index (χ2n) is 4.81. The van der Waals surface area contributed by atoms with E-state index in [1.165, 1.54) is 0 Å². The predicted octanol–water partition coefficient (Wildman–Crippen LogP) is 3.64. The highest BCUT2D eigenvalue weighted by molar-refractivity contribution is 5.99. The van der Waals surface area contributed by atoms with Crippen molar-refractivity contribution in [1.29, 1.82) is 0 Å². The van der Waals surface area contributed by atoms with Crippen LogP contribution >= 0.6 is 0 Å². The smallest absolute Gasteiger partial charge is 0.442 e. The number of carboxylic acids is 1. The first kappa shape index (κ1) is 13.8. The summed E-state index contributed by atoms with van der Waals surface area (Å²) in [5.41, 5.74) is 1.95. The SMILES string of the molecule is O=C(O)Cc1ccc2oc([N+](=O)[O-])c(-c3ccccc3)c2c1. The molecule has 0 atom stereocenters. The summed E-state index contributed by atoms with van der Waals surface area (Å²) in [6, 6.07) is 13.7. The minimum Gasteiger partial charge on any atom is -0.481 e. The Labute approximate surface area is 124 Å². The summed E-state index contributed by atoms with van der Waals surface area (Å²) in [6.07, 6.45) is -0.150. The molecule has 0 aliphatic rings. The summed E-state index contributed by atoms with van der Waals surface area (Å²) in [7, 11) is 0. The number of carbonyl (C=O) groups is 1. The van der Waals surface area contributed by atoms with Crippen LogP contribution in [0.5, 0.6) is 0 Å². The predicted molar refractivity (Wildman–Crippen MR) is 79.6 cm³/mol. The monoisotopic (exact) mass is 297 g/mol. The van der Waals surface area contributed by atoms with Crippen molar-refractivity contribution in [3.63, 3.8) is 0 Å². The fraction of sp³-hybridized carbons (Fsp3) is 0.0625. The molecule has 0 fully saturated rings. The van der Waals surface area contributed by atoms with E-state index in [4.69, 9.17) is 9.52 Å². The highest BCUT2D eigenvalue weighted by Crippen LogP contribution is 2.39. The van der Waals surface area contributed by atoms with E-state index in [0.717, 1.165) is 0 Å². The fourth-order valence-corrected chi connectivity index (χ4v) is 2.43. The Bertz CT molecular complexity index is 867. The molecular formula is C16H11NO5. The van der Waals surface area contributed by atoms with Gasteiger partial charge in [-0.15, -0.1) is 0 Å². The van der Waals surface area contributed by atoms with Gasteiger partial charge in [0.05, 0.1) is 6.42 Å². The molecule has 0 aliphatic heterocycles. The van der Waals surface area contributed by atoms with Crippen LogP contribution in [0, 0.1) is 10.1 Å². The van der Waals surface area contributed by atoms with Gasteiger partial charge in [-0.05, 0) is 23.3 Å². The lowest BCUT2D eigenvalue weighted by atomic mass is 10.0. The maximum absolute atomic E-state index is 11.2. The van der Waals surface area contributed by atoms with E-state index < -0.39 is 10.9 Å². The van der Waals surface area contributed by atoms with Crippen molar-refractivity contribution in [1.82, 2.24) is 0 Å². The molecule has 0 saturated carbocycles. The molecule has 1 heterocycles. The first-order valence-corrected chi connectivity index (χ1v) is 6.53. The van der Waals surface area contributed by atoms with Crippen molar-refractivity contribution in [2.24, 2.45) is 0 Å². The van der Waals surface area contributed by atoms with Gasteiger partial charge in [0.15, 0.2) is 0 Å². The van der Waals surface area contributed by atoms with Crippen LogP contribution in [-0.4, -0.2) is 16.0 Å². The van der Waals surface area contributed by atoms with E-state index >= 15 is 0 Å². The third-order valence-corrected chi connectivity index (χ3v) is 3.32. The number of hydrogen-bond donors (Lipinski definition) is 1. The Kier molecular flexibility index (Phi) is 3.34. The summed E-state index contributed by atoms with van der Waals surface area (Å²) in [6.45, 7) is 0.